The van der Waals surface area contributed by atoms with Crippen molar-refractivity contribution in [3.05, 3.63) is 46.1 Å². The van der Waals surface area contributed by atoms with Crippen LogP contribution in [0.5, 0.6) is 0 Å². The maximum Gasteiger partial charge on any atom is 0.273 e. The summed E-state index contributed by atoms with van der Waals surface area (Å²) in [5, 5.41) is 8.86. The third kappa shape index (κ3) is 2.77. The molecular weight excluding hydrogens is 372 g/mol. The van der Waals surface area contributed by atoms with Gasteiger partial charge in [0.2, 0.25) is 0 Å². The SMILES string of the molecule is COC12C=CC(N(C=N)C(=O)c3sc4nc(C)cc(N(C)C)c4c3C)=CC1C2. The molecular formula is C21H24N4O2S. The maximum atomic E-state index is 13.3. The van der Waals surface area contributed by atoms with Crippen molar-refractivity contribution < 1.29 is 9.53 Å². The molecule has 1 fully saturated rings. The summed E-state index contributed by atoms with van der Waals surface area (Å²) in [6, 6.07) is 2.04. The monoisotopic (exact) mass is 396 g/mol. The van der Waals surface area contributed by atoms with Gasteiger partial charge in [-0.05, 0) is 38.0 Å². The normalized spacial score (nSPS) is 22.6. The van der Waals surface area contributed by atoms with Gasteiger partial charge in [0, 0.05) is 49.6 Å². The van der Waals surface area contributed by atoms with Gasteiger partial charge in [-0.2, -0.15) is 0 Å². The zero-order chi connectivity index (χ0) is 20.2. The molecule has 7 heteroatoms. The molecule has 2 aliphatic rings. The van der Waals surface area contributed by atoms with E-state index in [9.17, 15) is 4.79 Å². The van der Waals surface area contributed by atoms with Gasteiger partial charge in [0.25, 0.3) is 5.91 Å². The first-order valence-corrected chi connectivity index (χ1v) is 10.0. The molecule has 0 bridgehead atoms. The number of thiophene rings is 1. The number of amides is 1. The highest BCUT2D eigenvalue weighted by molar-refractivity contribution is 7.20. The third-order valence-electron chi connectivity index (χ3n) is 5.60. The Kier molecular flexibility index (Phi) is 4.39. The van der Waals surface area contributed by atoms with Crippen molar-refractivity contribution in [3.8, 4) is 0 Å². The van der Waals surface area contributed by atoms with E-state index in [-0.39, 0.29) is 17.4 Å². The van der Waals surface area contributed by atoms with Crippen LogP contribution in [0.25, 0.3) is 10.2 Å². The van der Waals surface area contributed by atoms with E-state index in [1.165, 1.54) is 16.2 Å². The topological polar surface area (TPSA) is 69.5 Å². The number of aryl methyl sites for hydroxylation is 2. The number of allylic oxidation sites excluding steroid dienone is 1. The lowest BCUT2D eigenvalue weighted by atomic mass is 10.1. The summed E-state index contributed by atoms with van der Waals surface area (Å²) in [5.41, 5.74) is 3.39. The van der Waals surface area contributed by atoms with Gasteiger partial charge in [-0.25, -0.2) is 4.98 Å². The Morgan fingerprint density at radius 3 is 2.79 bits per heavy atom. The molecule has 28 heavy (non-hydrogen) atoms. The predicted octanol–water partition coefficient (Wildman–Crippen LogP) is 3.89. The van der Waals surface area contributed by atoms with Crippen LogP contribution in [0.4, 0.5) is 5.69 Å². The molecule has 2 atom stereocenters. The van der Waals surface area contributed by atoms with Crippen LogP contribution in [0.2, 0.25) is 0 Å². The van der Waals surface area contributed by atoms with Crippen molar-refractivity contribution in [1.29, 1.82) is 5.41 Å². The van der Waals surface area contributed by atoms with Gasteiger partial charge in [0.1, 0.15) is 4.83 Å². The fourth-order valence-corrected chi connectivity index (χ4v) is 5.07. The molecule has 4 rings (SSSR count). The molecule has 1 N–H and O–H groups in total. The number of carbonyl (C=O) groups is 1. The highest BCUT2D eigenvalue weighted by Crippen LogP contribution is 2.51. The largest absolute Gasteiger partial charge is 0.377 e. The summed E-state index contributed by atoms with van der Waals surface area (Å²) in [4.78, 5) is 22.9. The van der Waals surface area contributed by atoms with Gasteiger partial charge in [0.15, 0.2) is 0 Å². The van der Waals surface area contributed by atoms with Crippen LogP contribution in [0, 0.1) is 25.2 Å². The predicted molar refractivity (Wildman–Crippen MR) is 113 cm³/mol. The third-order valence-corrected chi connectivity index (χ3v) is 6.78. The summed E-state index contributed by atoms with van der Waals surface area (Å²) in [7, 11) is 5.69. The van der Waals surface area contributed by atoms with E-state index in [0.717, 1.165) is 45.6 Å². The maximum absolute atomic E-state index is 13.3. The molecule has 0 saturated heterocycles. The Morgan fingerprint density at radius 1 is 1.43 bits per heavy atom. The van der Waals surface area contributed by atoms with E-state index in [0.29, 0.717) is 4.88 Å². The number of pyridine rings is 1. The Balaban J connectivity index is 1.74. The number of nitrogens with one attached hydrogen (secondary N) is 1. The van der Waals surface area contributed by atoms with Crippen LogP contribution >= 0.6 is 11.3 Å². The minimum Gasteiger partial charge on any atom is -0.377 e. The highest BCUT2D eigenvalue weighted by atomic mass is 32.1. The second kappa shape index (κ2) is 6.53. The van der Waals surface area contributed by atoms with Gasteiger partial charge in [0.05, 0.1) is 16.8 Å². The zero-order valence-corrected chi connectivity index (χ0v) is 17.6. The molecule has 2 heterocycles. The molecule has 2 unspecified atom stereocenters. The number of ether oxygens (including phenoxy) is 1. The summed E-state index contributed by atoms with van der Waals surface area (Å²) in [6.07, 6.45) is 7.93. The number of methoxy groups -OCH3 is 1. The Morgan fingerprint density at radius 2 is 2.18 bits per heavy atom. The van der Waals surface area contributed by atoms with Crippen molar-refractivity contribution in [2.45, 2.75) is 25.9 Å². The summed E-state index contributed by atoms with van der Waals surface area (Å²) in [5.74, 6) is 0.0697. The number of aromatic nitrogens is 1. The van der Waals surface area contributed by atoms with Crippen molar-refractivity contribution in [1.82, 2.24) is 9.88 Å². The summed E-state index contributed by atoms with van der Waals surface area (Å²) >= 11 is 1.39. The van der Waals surface area contributed by atoms with E-state index >= 15 is 0 Å². The van der Waals surface area contributed by atoms with Crippen molar-refractivity contribution in [2.75, 3.05) is 26.1 Å². The van der Waals surface area contributed by atoms with Crippen molar-refractivity contribution >= 4 is 39.5 Å². The fraction of sp³-hybridized carbons (Fsp3) is 0.381. The van der Waals surface area contributed by atoms with Crippen LogP contribution in [0.1, 0.15) is 27.3 Å². The molecule has 2 aliphatic carbocycles. The smallest absolute Gasteiger partial charge is 0.273 e. The minimum absolute atomic E-state index is 0.195. The number of hydrogen-bond donors (Lipinski definition) is 1. The molecule has 2 aromatic rings. The van der Waals surface area contributed by atoms with Crippen LogP contribution in [-0.2, 0) is 4.74 Å². The second-order valence-corrected chi connectivity index (χ2v) is 8.61. The lowest BCUT2D eigenvalue weighted by Crippen LogP contribution is -2.29. The van der Waals surface area contributed by atoms with Crippen molar-refractivity contribution in [2.24, 2.45) is 5.92 Å². The molecule has 0 aromatic carbocycles. The molecule has 6 nitrogen and oxygen atoms in total. The van der Waals surface area contributed by atoms with Gasteiger partial charge in [-0.1, -0.05) is 12.2 Å². The van der Waals surface area contributed by atoms with E-state index in [1.54, 1.807) is 7.11 Å². The lowest BCUT2D eigenvalue weighted by molar-refractivity contribution is 0.0882. The van der Waals surface area contributed by atoms with E-state index in [1.807, 2.05) is 57.1 Å². The number of anilines is 1. The average Bonchev–Trinajstić information content (AvgIpc) is 3.30. The van der Waals surface area contributed by atoms with E-state index in [4.69, 9.17) is 10.1 Å². The second-order valence-electron chi connectivity index (χ2n) is 7.61. The molecule has 2 aromatic heterocycles. The quantitative estimate of drug-likeness (QED) is 0.615. The first kappa shape index (κ1) is 18.8. The molecule has 1 saturated carbocycles. The summed E-state index contributed by atoms with van der Waals surface area (Å²) < 4.78 is 5.56. The Bertz CT molecular complexity index is 1050. The van der Waals surface area contributed by atoms with Crippen LogP contribution in [0.3, 0.4) is 0 Å². The Labute approximate surface area is 168 Å². The van der Waals surface area contributed by atoms with Gasteiger partial charge in [-0.15, -0.1) is 11.3 Å². The molecule has 1 amide bonds. The van der Waals surface area contributed by atoms with E-state index in [2.05, 4.69) is 4.98 Å². The van der Waals surface area contributed by atoms with Gasteiger partial charge in [-0.3, -0.25) is 15.1 Å². The van der Waals surface area contributed by atoms with Gasteiger partial charge >= 0.3 is 0 Å². The number of hydrogen-bond acceptors (Lipinski definition) is 6. The lowest BCUT2D eigenvalue weighted by Gasteiger charge is -2.22. The number of fused-ring (bicyclic) bond motifs is 2. The number of carbonyl (C=O) groups excluding carboxylic acids is 1. The summed E-state index contributed by atoms with van der Waals surface area (Å²) in [6.45, 7) is 3.92. The number of rotatable bonds is 5. The first-order valence-electron chi connectivity index (χ1n) is 9.19. The molecule has 0 aliphatic heterocycles. The zero-order valence-electron chi connectivity index (χ0n) is 16.7. The standard InChI is InChI=1S/C21H24N4O2S/c1-12-8-16(24(3)4)17-13(2)18(28-19(17)23-12)20(26)25(11-22)15-6-7-21(27-5)10-14(21)9-15/h6-9,11,14,22H,10H2,1-5H3. The van der Waals surface area contributed by atoms with Crippen LogP contribution < -0.4 is 4.90 Å². The fourth-order valence-electron chi connectivity index (χ4n) is 3.89. The van der Waals surface area contributed by atoms with Crippen LogP contribution in [0.15, 0.2) is 30.0 Å². The highest BCUT2D eigenvalue weighted by Gasteiger charge is 2.53. The molecule has 0 spiro atoms. The average molecular weight is 397 g/mol. The minimum atomic E-state index is -0.212. The molecule has 0 radical (unpaired) electrons. The molecule has 146 valence electrons. The van der Waals surface area contributed by atoms with E-state index < -0.39 is 0 Å². The Hall–Kier alpha value is -2.51. The van der Waals surface area contributed by atoms with Crippen LogP contribution in [-0.4, -0.2) is 48.9 Å². The van der Waals surface area contributed by atoms with Gasteiger partial charge < -0.3 is 9.64 Å². The number of nitrogens with zero attached hydrogens (tertiary/aromatic N) is 3. The first-order chi connectivity index (χ1) is 13.3. The van der Waals surface area contributed by atoms with Crippen molar-refractivity contribution in [3.63, 3.8) is 0 Å².